The first kappa shape index (κ1) is 15.4. The molecule has 0 unspecified atom stereocenters. The SMILES string of the molecule is CCN1C[C@@H]2[C@H](C1)[C@H]2n1cc(-c2cnc(N)c(C)c2)nc1CC1CC1. The molecule has 2 saturated carbocycles. The van der Waals surface area contributed by atoms with Crippen molar-refractivity contribution in [3.05, 3.63) is 29.8 Å². The van der Waals surface area contributed by atoms with Gasteiger partial charge in [-0.15, -0.1) is 0 Å². The highest BCUT2D eigenvalue weighted by atomic mass is 15.2. The van der Waals surface area contributed by atoms with Crippen molar-refractivity contribution in [3.8, 4) is 11.3 Å². The number of nitrogens with zero attached hydrogens (tertiary/aromatic N) is 4. The van der Waals surface area contributed by atoms with Gasteiger partial charge in [-0.25, -0.2) is 9.97 Å². The van der Waals surface area contributed by atoms with E-state index in [4.69, 9.17) is 10.7 Å². The molecule has 0 bridgehead atoms. The quantitative estimate of drug-likeness (QED) is 0.911. The predicted molar refractivity (Wildman–Crippen MR) is 99.2 cm³/mol. The summed E-state index contributed by atoms with van der Waals surface area (Å²) in [5.74, 6) is 4.40. The number of rotatable bonds is 5. The lowest BCUT2D eigenvalue weighted by molar-refractivity contribution is 0.298. The fourth-order valence-electron chi connectivity index (χ4n) is 4.54. The van der Waals surface area contributed by atoms with Gasteiger partial charge in [0.2, 0.25) is 0 Å². The number of piperidine rings is 1. The van der Waals surface area contributed by atoms with Crippen LogP contribution in [0.3, 0.4) is 0 Å². The zero-order chi connectivity index (χ0) is 17.1. The number of pyridine rings is 1. The first-order chi connectivity index (χ1) is 12.1. The fraction of sp³-hybridized carbons (Fsp3) is 0.600. The van der Waals surface area contributed by atoms with Crippen LogP contribution in [0.4, 0.5) is 5.82 Å². The van der Waals surface area contributed by atoms with Gasteiger partial charge in [-0.05, 0) is 55.7 Å². The highest BCUT2D eigenvalue weighted by molar-refractivity contribution is 5.61. The number of nitrogens with two attached hydrogens (primary N) is 1. The van der Waals surface area contributed by atoms with E-state index in [0.29, 0.717) is 11.9 Å². The second-order valence-corrected chi connectivity index (χ2v) is 8.19. The molecule has 0 amide bonds. The third-order valence-corrected chi connectivity index (χ3v) is 6.38. The van der Waals surface area contributed by atoms with Gasteiger partial charge in [0.05, 0.1) is 5.69 Å². The van der Waals surface area contributed by atoms with Gasteiger partial charge in [-0.1, -0.05) is 6.92 Å². The van der Waals surface area contributed by atoms with Crippen molar-refractivity contribution >= 4 is 5.82 Å². The van der Waals surface area contributed by atoms with Crippen molar-refractivity contribution < 1.29 is 0 Å². The number of hydrogen-bond acceptors (Lipinski definition) is 4. The van der Waals surface area contributed by atoms with Crippen LogP contribution in [0.25, 0.3) is 11.3 Å². The molecule has 0 spiro atoms. The Kier molecular flexibility index (Phi) is 3.42. The Morgan fingerprint density at radius 2 is 2.00 bits per heavy atom. The molecule has 3 aliphatic rings. The summed E-state index contributed by atoms with van der Waals surface area (Å²) in [6, 6.07) is 2.78. The van der Waals surface area contributed by atoms with Crippen LogP contribution < -0.4 is 5.73 Å². The zero-order valence-electron chi connectivity index (χ0n) is 15.2. The molecule has 5 nitrogen and oxygen atoms in total. The maximum atomic E-state index is 5.88. The van der Waals surface area contributed by atoms with E-state index in [0.717, 1.165) is 41.0 Å². The predicted octanol–water partition coefficient (Wildman–Crippen LogP) is 2.91. The minimum Gasteiger partial charge on any atom is -0.383 e. The van der Waals surface area contributed by atoms with Crippen molar-refractivity contribution in [3.63, 3.8) is 0 Å². The summed E-state index contributed by atoms with van der Waals surface area (Å²) < 4.78 is 2.52. The smallest absolute Gasteiger partial charge is 0.126 e. The number of nitrogen functional groups attached to an aromatic ring is 1. The third kappa shape index (κ3) is 2.65. The van der Waals surface area contributed by atoms with E-state index in [-0.39, 0.29) is 0 Å². The van der Waals surface area contributed by atoms with E-state index in [1.807, 2.05) is 13.1 Å². The molecule has 0 radical (unpaired) electrons. The molecule has 25 heavy (non-hydrogen) atoms. The summed E-state index contributed by atoms with van der Waals surface area (Å²) in [7, 11) is 0. The van der Waals surface area contributed by atoms with Crippen LogP contribution in [0.1, 0.15) is 37.2 Å². The second-order valence-electron chi connectivity index (χ2n) is 8.19. The van der Waals surface area contributed by atoms with Gasteiger partial charge >= 0.3 is 0 Å². The lowest BCUT2D eigenvalue weighted by Crippen LogP contribution is -2.25. The topological polar surface area (TPSA) is 60.0 Å². The van der Waals surface area contributed by atoms with Gasteiger partial charge in [-0.2, -0.15) is 0 Å². The summed E-state index contributed by atoms with van der Waals surface area (Å²) in [6.45, 7) is 7.97. The van der Waals surface area contributed by atoms with Crippen LogP contribution in [0.5, 0.6) is 0 Å². The Hall–Kier alpha value is -1.88. The first-order valence-electron chi connectivity index (χ1n) is 9.66. The van der Waals surface area contributed by atoms with Crippen molar-refractivity contribution in [2.24, 2.45) is 17.8 Å². The Bertz CT molecular complexity index is 794. The molecule has 2 aromatic rings. The first-order valence-corrected chi connectivity index (χ1v) is 9.66. The molecule has 1 aliphatic heterocycles. The molecular weight excluding hydrogens is 310 g/mol. The molecular formula is C20H27N5. The van der Waals surface area contributed by atoms with Crippen molar-refractivity contribution in [1.82, 2.24) is 19.4 Å². The molecule has 2 N–H and O–H groups in total. The van der Waals surface area contributed by atoms with E-state index < -0.39 is 0 Å². The van der Waals surface area contributed by atoms with Gasteiger partial charge in [0, 0.05) is 43.5 Å². The number of hydrogen-bond donors (Lipinski definition) is 1. The van der Waals surface area contributed by atoms with Gasteiger partial charge in [0.15, 0.2) is 0 Å². The third-order valence-electron chi connectivity index (χ3n) is 6.38. The van der Waals surface area contributed by atoms with Gasteiger partial charge < -0.3 is 15.2 Å². The van der Waals surface area contributed by atoms with E-state index >= 15 is 0 Å². The van der Waals surface area contributed by atoms with Gasteiger partial charge in [-0.3, -0.25) is 0 Å². The van der Waals surface area contributed by atoms with E-state index in [1.165, 1.54) is 38.3 Å². The number of aromatic nitrogens is 3. The van der Waals surface area contributed by atoms with Crippen molar-refractivity contribution in [2.75, 3.05) is 25.4 Å². The molecule has 5 heteroatoms. The van der Waals surface area contributed by atoms with E-state index in [1.54, 1.807) is 0 Å². The minimum atomic E-state index is 0.609. The number of anilines is 1. The average Bonchev–Trinajstić information content (AvgIpc) is 3.45. The largest absolute Gasteiger partial charge is 0.383 e. The summed E-state index contributed by atoms with van der Waals surface area (Å²) in [6.07, 6.45) is 8.01. The molecule has 3 fully saturated rings. The Morgan fingerprint density at radius 3 is 2.64 bits per heavy atom. The lowest BCUT2D eigenvalue weighted by Gasteiger charge is -2.18. The molecule has 2 aromatic heterocycles. The minimum absolute atomic E-state index is 0.609. The van der Waals surface area contributed by atoms with E-state index in [9.17, 15) is 0 Å². The highest BCUT2D eigenvalue weighted by Crippen LogP contribution is 2.56. The molecule has 3 heterocycles. The standard InChI is InChI=1S/C20H27N5/c1-3-24-9-15-16(10-24)19(15)25-11-17(23-18(25)7-13-4-5-13)14-6-12(2)20(21)22-8-14/h6,8,11,13,15-16,19H,3-5,7,9-10H2,1-2H3,(H2,21,22)/t15-,16+,19+. The van der Waals surface area contributed by atoms with E-state index in [2.05, 4.69) is 33.6 Å². The van der Waals surface area contributed by atoms with Gasteiger partial charge in [0.25, 0.3) is 0 Å². The molecule has 1 saturated heterocycles. The maximum absolute atomic E-state index is 5.88. The van der Waals surface area contributed by atoms with Crippen molar-refractivity contribution in [2.45, 2.75) is 39.2 Å². The lowest BCUT2D eigenvalue weighted by atomic mass is 10.1. The van der Waals surface area contributed by atoms with Crippen LogP contribution in [0.15, 0.2) is 18.5 Å². The normalized spacial score (nSPS) is 28.3. The average molecular weight is 337 g/mol. The zero-order valence-corrected chi connectivity index (χ0v) is 15.2. The van der Waals surface area contributed by atoms with Gasteiger partial charge in [0.1, 0.15) is 11.6 Å². The summed E-state index contributed by atoms with van der Waals surface area (Å²) in [5, 5.41) is 0. The summed E-state index contributed by atoms with van der Waals surface area (Å²) in [5.41, 5.74) is 9.05. The van der Waals surface area contributed by atoms with Crippen LogP contribution >= 0.6 is 0 Å². The van der Waals surface area contributed by atoms with Crippen LogP contribution in [0.2, 0.25) is 0 Å². The summed E-state index contributed by atoms with van der Waals surface area (Å²) in [4.78, 5) is 11.9. The molecule has 2 aliphatic carbocycles. The number of fused-ring (bicyclic) bond motifs is 1. The molecule has 132 valence electrons. The fourth-order valence-corrected chi connectivity index (χ4v) is 4.54. The number of likely N-dealkylation sites (tertiary alicyclic amines) is 1. The molecule has 0 aromatic carbocycles. The van der Waals surface area contributed by atoms with Crippen LogP contribution in [-0.4, -0.2) is 39.1 Å². The van der Waals surface area contributed by atoms with Crippen molar-refractivity contribution in [1.29, 1.82) is 0 Å². The number of aryl methyl sites for hydroxylation is 1. The maximum Gasteiger partial charge on any atom is 0.126 e. The Labute approximate surface area is 149 Å². The summed E-state index contributed by atoms with van der Waals surface area (Å²) >= 11 is 0. The second kappa shape index (κ2) is 5.56. The highest BCUT2D eigenvalue weighted by Gasteiger charge is 2.57. The molecule has 3 atom stereocenters. The van der Waals surface area contributed by atoms with Crippen LogP contribution in [0, 0.1) is 24.7 Å². The Balaban J connectivity index is 1.46. The molecule has 5 rings (SSSR count). The monoisotopic (exact) mass is 337 g/mol. The van der Waals surface area contributed by atoms with Crippen LogP contribution in [-0.2, 0) is 6.42 Å². The number of imidazole rings is 1. The Morgan fingerprint density at radius 1 is 1.24 bits per heavy atom.